The third-order valence-electron chi connectivity index (χ3n) is 2.82. The molecule has 0 bridgehead atoms. The normalized spacial score (nSPS) is 10.5. The molecule has 2 aromatic rings. The molecule has 0 spiro atoms. The van der Waals surface area contributed by atoms with Crippen molar-refractivity contribution in [1.29, 1.82) is 0 Å². The summed E-state index contributed by atoms with van der Waals surface area (Å²) in [6, 6.07) is 6.11. The van der Waals surface area contributed by atoms with Crippen LogP contribution in [0.15, 0.2) is 23.7 Å². The maximum atomic E-state index is 6.00. The lowest BCUT2D eigenvalue weighted by atomic mass is 10.2. The van der Waals surface area contributed by atoms with Crippen LogP contribution in [0.5, 0.6) is 0 Å². The zero-order valence-electron chi connectivity index (χ0n) is 10.4. The summed E-state index contributed by atoms with van der Waals surface area (Å²) in [6.07, 6.45) is 0. The van der Waals surface area contributed by atoms with Crippen LogP contribution < -0.4 is 10.6 Å². The van der Waals surface area contributed by atoms with Gasteiger partial charge in [0.1, 0.15) is 0 Å². The van der Waals surface area contributed by atoms with Gasteiger partial charge in [0, 0.05) is 11.9 Å². The predicted octanol–water partition coefficient (Wildman–Crippen LogP) is 2.98. The van der Waals surface area contributed by atoms with Crippen molar-refractivity contribution in [3.8, 4) is 0 Å². The third-order valence-corrected chi connectivity index (χ3v) is 3.74. The molecule has 0 atom stereocenters. The van der Waals surface area contributed by atoms with E-state index in [9.17, 15) is 0 Å². The highest BCUT2D eigenvalue weighted by Gasteiger charge is 2.09. The van der Waals surface area contributed by atoms with Gasteiger partial charge in [-0.25, -0.2) is 4.98 Å². The summed E-state index contributed by atoms with van der Waals surface area (Å²) in [6.45, 7) is 4.97. The number of hydrogen-bond donors (Lipinski definition) is 1. The van der Waals surface area contributed by atoms with Crippen molar-refractivity contribution in [1.82, 2.24) is 4.98 Å². The second-order valence-electron chi connectivity index (χ2n) is 4.28. The molecule has 2 N–H and O–H groups in total. The molecule has 4 heteroatoms. The minimum absolute atomic E-state index is 0.820. The summed E-state index contributed by atoms with van der Waals surface area (Å²) in [5.74, 6) is 0. The second kappa shape index (κ2) is 4.75. The van der Waals surface area contributed by atoms with E-state index in [-0.39, 0.29) is 0 Å². The van der Waals surface area contributed by atoms with Crippen molar-refractivity contribution in [2.24, 2.45) is 0 Å². The topological polar surface area (TPSA) is 42.1 Å². The van der Waals surface area contributed by atoms with Gasteiger partial charge in [0.05, 0.1) is 29.1 Å². The zero-order valence-corrected chi connectivity index (χ0v) is 11.2. The Bertz CT molecular complexity index is 519. The van der Waals surface area contributed by atoms with E-state index in [1.807, 2.05) is 24.6 Å². The van der Waals surface area contributed by atoms with Crippen molar-refractivity contribution < 1.29 is 0 Å². The highest BCUT2D eigenvalue weighted by atomic mass is 32.1. The SMILES string of the molecule is Cc1ccc(N)c(N(C)Cc2scnc2C)c1. The Balaban J connectivity index is 2.23. The largest absolute Gasteiger partial charge is 0.397 e. The van der Waals surface area contributed by atoms with Crippen LogP contribution >= 0.6 is 11.3 Å². The number of nitrogens with zero attached hydrogens (tertiary/aromatic N) is 2. The minimum atomic E-state index is 0.820. The molecule has 0 aliphatic carbocycles. The lowest BCUT2D eigenvalue weighted by Gasteiger charge is -2.21. The van der Waals surface area contributed by atoms with Crippen LogP contribution in [0, 0.1) is 13.8 Å². The van der Waals surface area contributed by atoms with Gasteiger partial charge in [0.25, 0.3) is 0 Å². The molecule has 0 amide bonds. The van der Waals surface area contributed by atoms with E-state index in [4.69, 9.17) is 5.73 Å². The number of rotatable bonds is 3. The summed E-state index contributed by atoms with van der Waals surface area (Å²) < 4.78 is 0. The van der Waals surface area contributed by atoms with E-state index in [0.29, 0.717) is 0 Å². The van der Waals surface area contributed by atoms with E-state index in [1.54, 1.807) is 11.3 Å². The molecule has 0 aliphatic heterocycles. The Hall–Kier alpha value is -1.55. The summed E-state index contributed by atoms with van der Waals surface area (Å²) in [5.41, 5.74) is 12.1. The molecule has 17 heavy (non-hydrogen) atoms. The fourth-order valence-corrected chi connectivity index (χ4v) is 2.59. The highest BCUT2D eigenvalue weighted by molar-refractivity contribution is 7.09. The number of aryl methyl sites for hydroxylation is 2. The van der Waals surface area contributed by atoms with Gasteiger partial charge in [-0.15, -0.1) is 11.3 Å². The first-order valence-electron chi connectivity index (χ1n) is 5.54. The van der Waals surface area contributed by atoms with Crippen LogP contribution in [0.2, 0.25) is 0 Å². The second-order valence-corrected chi connectivity index (χ2v) is 5.22. The number of benzene rings is 1. The molecule has 0 saturated heterocycles. The smallest absolute Gasteiger partial charge is 0.0798 e. The molecular formula is C13H17N3S. The van der Waals surface area contributed by atoms with Crippen LogP contribution in [0.4, 0.5) is 11.4 Å². The molecule has 1 aromatic carbocycles. The van der Waals surface area contributed by atoms with Crippen molar-refractivity contribution in [3.05, 3.63) is 39.8 Å². The van der Waals surface area contributed by atoms with Gasteiger partial charge in [-0.2, -0.15) is 0 Å². The number of anilines is 2. The van der Waals surface area contributed by atoms with Crippen LogP contribution in [-0.4, -0.2) is 12.0 Å². The number of hydrogen-bond acceptors (Lipinski definition) is 4. The van der Waals surface area contributed by atoms with E-state index in [0.717, 1.165) is 23.6 Å². The maximum absolute atomic E-state index is 6.00. The van der Waals surface area contributed by atoms with E-state index < -0.39 is 0 Å². The number of thiazole rings is 1. The van der Waals surface area contributed by atoms with Crippen molar-refractivity contribution >= 4 is 22.7 Å². The average Bonchev–Trinajstić information content (AvgIpc) is 2.68. The van der Waals surface area contributed by atoms with Crippen LogP contribution in [-0.2, 0) is 6.54 Å². The van der Waals surface area contributed by atoms with Crippen molar-refractivity contribution in [2.45, 2.75) is 20.4 Å². The Morgan fingerprint density at radius 3 is 2.76 bits per heavy atom. The first kappa shape index (κ1) is 11.9. The Labute approximate surface area is 106 Å². The Kier molecular flexibility index (Phi) is 3.33. The quantitative estimate of drug-likeness (QED) is 0.848. The molecule has 0 saturated carbocycles. The molecule has 0 aliphatic rings. The summed E-state index contributed by atoms with van der Waals surface area (Å²) in [4.78, 5) is 7.72. The van der Waals surface area contributed by atoms with Gasteiger partial charge in [-0.1, -0.05) is 6.07 Å². The molecule has 3 nitrogen and oxygen atoms in total. The van der Waals surface area contributed by atoms with Crippen LogP contribution in [0.3, 0.4) is 0 Å². The van der Waals surface area contributed by atoms with Gasteiger partial charge >= 0.3 is 0 Å². The van der Waals surface area contributed by atoms with Gasteiger partial charge < -0.3 is 10.6 Å². The number of nitrogens with two attached hydrogens (primary N) is 1. The van der Waals surface area contributed by atoms with Crippen molar-refractivity contribution in [2.75, 3.05) is 17.7 Å². The van der Waals surface area contributed by atoms with Gasteiger partial charge in [-0.3, -0.25) is 0 Å². The van der Waals surface area contributed by atoms with Gasteiger partial charge in [-0.05, 0) is 31.5 Å². The lowest BCUT2D eigenvalue weighted by Crippen LogP contribution is -2.17. The molecule has 90 valence electrons. The molecule has 1 aromatic heterocycles. The minimum Gasteiger partial charge on any atom is -0.397 e. The Morgan fingerprint density at radius 2 is 2.12 bits per heavy atom. The fraction of sp³-hybridized carbons (Fsp3) is 0.308. The van der Waals surface area contributed by atoms with E-state index >= 15 is 0 Å². The van der Waals surface area contributed by atoms with Crippen molar-refractivity contribution in [3.63, 3.8) is 0 Å². The first-order chi connectivity index (χ1) is 8.08. The highest BCUT2D eigenvalue weighted by Crippen LogP contribution is 2.26. The molecule has 1 heterocycles. The molecular weight excluding hydrogens is 230 g/mol. The van der Waals surface area contributed by atoms with E-state index in [2.05, 4.69) is 29.9 Å². The average molecular weight is 247 g/mol. The molecule has 0 radical (unpaired) electrons. The number of aromatic nitrogens is 1. The number of nitrogen functional groups attached to an aromatic ring is 1. The summed E-state index contributed by atoms with van der Waals surface area (Å²) >= 11 is 1.69. The summed E-state index contributed by atoms with van der Waals surface area (Å²) in [5, 5.41) is 0. The molecule has 0 unspecified atom stereocenters. The Morgan fingerprint density at radius 1 is 1.35 bits per heavy atom. The molecule has 2 rings (SSSR count). The van der Waals surface area contributed by atoms with E-state index in [1.165, 1.54) is 10.4 Å². The van der Waals surface area contributed by atoms with Gasteiger partial charge in [0.2, 0.25) is 0 Å². The zero-order chi connectivity index (χ0) is 12.4. The lowest BCUT2D eigenvalue weighted by molar-refractivity contribution is 0.926. The standard InChI is InChI=1S/C13H17N3S/c1-9-4-5-11(14)12(6-9)16(3)7-13-10(2)15-8-17-13/h4-6,8H,7,14H2,1-3H3. The summed E-state index contributed by atoms with van der Waals surface area (Å²) in [7, 11) is 2.06. The molecule has 0 fully saturated rings. The van der Waals surface area contributed by atoms with Gasteiger partial charge in [0.15, 0.2) is 0 Å². The fourth-order valence-electron chi connectivity index (χ4n) is 1.76. The maximum Gasteiger partial charge on any atom is 0.0798 e. The monoisotopic (exact) mass is 247 g/mol. The first-order valence-corrected chi connectivity index (χ1v) is 6.42. The predicted molar refractivity (Wildman–Crippen MR) is 74.5 cm³/mol. The van der Waals surface area contributed by atoms with Crippen LogP contribution in [0.1, 0.15) is 16.1 Å². The third kappa shape index (κ3) is 2.58. The van der Waals surface area contributed by atoms with Crippen LogP contribution in [0.25, 0.3) is 0 Å².